The highest BCUT2D eigenvalue weighted by molar-refractivity contribution is 7.92. The highest BCUT2D eigenvalue weighted by Gasteiger charge is 2.25. The second-order valence-electron chi connectivity index (χ2n) is 6.69. The molecule has 2 aromatic rings. The van der Waals surface area contributed by atoms with Crippen LogP contribution < -0.4 is 9.62 Å². The van der Waals surface area contributed by atoms with Gasteiger partial charge in [-0.05, 0) is 51.1 Å². The van der Waals surface area contributed by atoms with Crippen molar-refractivity contribution < 1.29 is 22.7 Å². The van der Waals surface area contributed by atoms with Crippen LogP contribution in [-0.4, -0.2) is 39.5 Å². The molecule has 30 heavy (non-hydrogen) atoms. The molecular formula is C21H25ClN2O5S. The van der Waals surface area contributed by atoms with E-state index in [4.69, 9.17) is 16.3 Å². The fourth-order valence-corrected chi connectivity index (χ4v) is 4.45. The van der Waals surface area contributed by atoms with Gasteiger partial charge in [0.25, 0.3) is 15.9 Å². The summed E-state index contributed by atoms with van der Waals surface area (Å²) < 4.78 is 32.5. The summed E-state index contributed by atoms with van der Waals surface area (Å²) >= 11 is 6.12. The lowest BCUT2D eigenvalue weighted by molar-refractivity contribution is -0.147. The molecule has 0 fully saturated rings. The molecule has 1 N–H and O–H groups in total. The molecule has 9 heteroatoms. The maximum absolute atomic E-state index is 13.1. The maximum Gasteiger partial charge on any atom is 0.307 e. The van der Waals surface area contributed by atoms with Gasteiger partial charge in [-0.1, -0.05) is 29.8 Å². The number of amides is 1. The molecule has 0 saturated heterocycles. The first-order valence-corrected chi connectivity index (χ1v) is 11.3. The number of anilines is 1. The number of nitrogens with one attached hydrogen (secondary N) is 1. The molecule has 2 aromatic carbocycles. The minimum Gasteiger partial charge on any atom is -0.463 e. The van der Waals surface area contributed by atoms with Gasteiger partial charge in [0.05, 0.1) is 33.7 Å². The quantitative estimate of drug-likeness (QED) is 0.586. The van der Waals surface area contributed by atoms with Crippen molar-refractivity contribution in [2.45, 2.75) is 38.2 Å². The molecular weight excluding hydrogens is 428 g/mol. The van der Waals surface area contributed by atoms with E-state index in [0.29, 0.717) is 5.69 Å². The Morgan fingerprint density at radius 3 is 2.40 bits per heavy atom. The fourth-order valence-electron chi connectivity index (χ4n) is 2.75. The Hall–Kier alpha value is -2.58. The SMILES string of the molecule is CCN(c1ccccc1)S(=O)(=O)c1ccc(Cl)c(C(=O)NCCC(=O)OC(C)C)c1. The van der Waals surface area contributed by atoms with Gasteiger partial charge in [0, 0.05) is 13.1 Å². The van der Waals surface area contributed by atoms with Crippen molar-refractivity contribution in [3.8, 4) is 0 Å². The summed E-state index contributed by atoms with van der Waals surface area (Å²) in [4.78, 5) is 24.0. The number of ether oxygens (including phenoxy) is 1. The molecule has 0 bridgehead atoms. The zero-order valence-corrected chi connectivity index (χ0v) is 18.7. The summed E-state index contributed by atoms with van der Waals surface area (Å²) in [5.74, 6) is -1.01. The monoisotopic (exact) mass is 452 g/mol. The van der Waals surface area contributed by atoms with Crippen LogP contribution in [0.2, 0.25) is 5.02 Å². The number of benzene rings is 2. The smallest absolute Gasteiger partial charge is 0.307 e. The zero-order valence-electron chi connectivity index (χ0n) is 17.1. The topological polar surface area (TPSA) is 92.8 Å². The molecule has 2 rings (SSSR count). The molecule has 0 spiro atoms. The number of esters is 1. The van der Waals surface area contributed by atoms with Crippen LogP contribution >= 0.6 is 11.6 Å². The molecule has 0 aliphatic heterocycles. The van der Waals surface area contributed by atoms with E-state index in [0.717, 1.165) is 0 Å². The van der Waals surface area contributed by atoms with Crippen molar-refractivity contribution in [3.63, 3.8) is 0 Å². The van der Waals surface area contributed by atoms with Crippen molar-refractivity contribution in [2.24, 2.45) is 0 Å². The number of hydrogen-bond donors (Lipinski definition) is 1. The minimum absolute atomic E-state index is 0.00283. The Bertz CT molecular complexity index is 994. The van der Waals surface area contributed by atoms with Gasteiger partial charge in [0.15, 0.2) is 0 Å². The van der Waals surface area contributed by atoms with E-state index in [1.165, 1.54) is 22.5 Å². The van der Waals surface area contributed by atoms with E-state index in [9.17, 15) is 18.0 Å². The molecule has 0 heterocycles. The number of rotatable bonds is 9. The van der Waals surface area contributed by atoms with Crippen molar-refractivity contribution >= 4 is 39.2 Å². The molecule has 0 radical (unpaired) electrons. The van der Waals surface area contributed by atoms with E-state index in [-0.39, 0.29) is 41.1 Å². The van der Waals surface area contributed by atoms with E-state index < -0.39 is 21.9 Å². The van der Waals surface area contributed by atoms with Crippen LogP contribution in [-0.2, 0) is 19.6 Å². The van der Waals surface area contributed by atoms with E-state index >= 15 is 0 Å². The number of hydrogen-bond acceptors (Lipinski definition) is 5. The van der Waals surface area contributed by atoms with Gasteiger partial charge in [-0.2, -0.15) is 0 Å². The number of carbonyl (C=O) groups is 2. The summed E-state index contributed by atoms with van der Waals surface area (Å²) in [5, 5.41) is 2.68. The third kappa shape index (κ3) is 5.96. The van der Waals surface area contributed by atoms with Crippen LogP contribution in [0.1, 0.15) is 37.6 Å². The summed E-state index contributed by atoms with van der Waals surface area (Å²) in [7, 11) is -3.90. The lowest BCUT2D eigenvalue weighted by Crippen LogP contribution is -2.31. The Morgan fingerprint density at radius 2 is 1.80 bits per heavy atom. The Labute approximate surface area is 182 Å². The van der Waals surface area contributed by atoms with Crippen LogP contribution in [0.15, 0.2) is 53.4 Å². The standard InChI is InChI=1S/C21H25ClN2O5S/c1-4-24(16-8-6-5-7-9-16)30(27,28)17-10-11-19(22)18(14-17)21(26)23-13-12-20(25)29-15(2)3/h5-11,14-15H,4,12-13H2,1-3H3,(H,23,26). The van der Waals surface area contributed by atoms with E-state index in [2.05, 4.69) is 5.32 Å². The number of halogens is 1. The summed E-state index contributed by atoms with van der Waals surface area (Å²) in [6, 6.07) is 12.7. The van der Waals surface area contributed by atoms with Crippen LogP contribution in [0, 0.1) is 0 Å². The third-order valence-electron chi connectivity index (χ3n) is 4.08. The highest BCUT2D eigenvalue weighted by atomic mass is 35.5. The molecule has 0 saturated carbocycles. The van der Waals surface area contributed by atoms with E-state index in [1.54, 1.807) is 51.1 Å². The fraction of sp³-hybridized carbons (Fsp3) is 0.333. The van der Waals surface area contributed by atoms with Crippen molar-refractivity contribution in [1.29, 1.82) is 0 Å². The normalized spacial score (nSPS) is 11.2. The third-order valence-corrected chi connectivity index (χ3v) is 6.31. The zero-order chi connectivity index (χ0) is 22.3. The Balaban J connectivity index is 2.21. The van der Waals surface area contributed by atoms with Gasteiger partial charge in [0.1, 0.15) is 0 Å². The second kappa shape index (κ2) is 10.4. The Kier molecular flexibility index (Phi) is 8.25. The first-order chi connectivity index (χ1) is 14.2. The summed E-state index contributed by atoms with van der Waals surface area (Å²) in [6.45, 7) is 5.45. The average molecular weight is 453 g/mol. The van der Waals surface area contributed by atoms with Gasteiger partial charge in [-0.25, -0.2) is 8.42 Å². The Morgan fingerprint density at radius 1 is 1.13 bits per heavy atom. The molecule has 162 valence electrons. The molecule has 0 aliphatic rings. The van der Waals surface area contributed by atoms with Gasteiger partial charge >= 0.3 is 5.97 Å². The van der Waals surface area contributed by atoms with Crippen molar-refractivity contribution in [2.75, 3.05) is 17.4 Å². The lowest BCUT2D eigenvalue weighted by atomic mass is 10.2. The molecule has 0 unspecified atom stereocenters. The van der Waals surface area contributed by atoms with Crippen LogP contribution in [0.4, 0.5) is 5.69 Å². The van der Waals surface area contributed by atoms with E-state index in [1.807, 2.05) is 0 Å². The first-order valence-electron chi connectivity index (χ1n) is 9.51. The largest absolute Gasteiger partial charge is 0.463 e. The maximum atomic E-state index is 13.1. The predicted molar refractivity (Wildman–Crippen MR) is 116 cm³/mol. The lowest BCUT2D eigenvalue weighted by Gasteiger charge is -2.23. The minimum atomic E-state index is -3.90. The van der Waals surface area contributed by atoms with Crippen LogP contribution in [0.3, 0.4) is 0 Å². The average Bonchev–Trinajstić information content (AvgIpc) is 2.68. The number of carbonyl (C=O) groups excluding carboxylic acids is 2. The van der Waals surface area contributed by atoms with Crippen molar-refractivity contribution in [1.82, 2.24) is 5.32 Å². The van der Waals surface area contributed by atoms with Crippen molar-refractivity contribution in [3.05, 3.63) is 59.1 Å². The molecule has 0 aromatic heterocycles. The highest BCUT2D eigenvalue weighted by Crippen LogP contribution is 2.26. The van der Waals surface area contributed by atoms with Gasteiger partial charge < -0.3 is 10.1 Å². The number of para-hydroxylation sites is 1. The van der Waals surface area contributed by atoms with Gasteiger partial charge in [0.2, 0.25) is 0 Å². The van der Waals surface area contributed by atoms with Crippen LogP contribution in [0.5, 0.6) is 0 Å². The van der Waals surface area contributed by atoms with Crippen LogP contribution in [0.25, 0.3) is 0 Å². The summed E-state index contributed by atoms with van der Waals surface area (Å²) in [5.41, 5.74) is 0.531. The summed E-state index contributed by atoms with van der Waals surface area (Å²) in [6.07, 6.45) is -0.243. The number of sulfonamides is 1. The molecule has 0 atom stereocenters. The number of nitrogens with zero attached hydrogens (tertiary/aromatic N) is 1. The molecule has 7 nitrogen and oxygen atoms in total. The molecule has 1 amide bonds. The van der Waals surface area contributed by atoms with Gasteiger partial charge in [-0.3, -0.25) is 13.9 Å². The predicted octanol–water partition coefficient (Wildman–Crippen LogP) is 3.63. The van der Waals surface area contributed by atoms with Gasteiger partial charge in [-0.15, -0.1) is 0 Å². The first kappa shape index (κ1) is 23.7. The second-order valence-corrected chi connectivity index (χ2v) is 8.96. The molecule has 0 aliphatic carbocycles.